The van der Waals surface area contributed by atoms with Crippen molar-refractivity contribution < 1.29 is 5.11 Å². The van der Waals surface area contributed by atoms with Gasteiger partial charge in [-0.2, -0.15) is 0 Å². The summed E-state index contributed by atoms with van der Waals surface area (Å²) in [6.07, 6.45) is 0.535. The van der Waals surface area contributed by atoms with Gasteiger partial charge in [0.2, 0.25) is 0 Å². The first-order chi connectivity index (χ1) is 7.15. The molecular formula is C11H15BrClNO. The molecule has 1 aromatic carbocycles. The fourth-order valence-electron chi connectivity index (χ4n) is 1.30. The molecule has 1 unspecified atom stereocenters. The molecule has 2 nitrogen and oxygen atoms in total. The van der Waals surface area contributed by atoms with Crippen LogP contribution in [-0.4, -0.2) is 18.2 Å². The Morgan fingerprint density at radius 3 is 2.93 bits per heavy atom. The minimum Gasteiger partial charge on any atom is -0.387 e. The van der Waals surface area contributed by atoms with Gasteiger partial charge < -0.3 is 10.4 Å². The molecule has 15 heavy (non-hydrogen) atoms. The summed E-state index contributed by atoms with van der Waals surface area (Å²) < 4.78 is 0.887. The summed E-state index contributed by atoms with van der Waals surface area (Å²) in [5, 5.41) is 13.7. The molecule has 0 amide bonds. The summed E-state index contributed by atoms with van der Waals surface area (Å²) in [6, 6.07) is 5.42. The number of hydrogen-bond acceptors (Lipinski definition) is 2. The van der Waals surface area contributed by atoms with E-state index in [1.165, 1.54) is 0 Å². The molecule has 84 valence electrons. The maximum absolute atomic E-state index is 9.90. The van der Waals surface area contributed by atoms with Gasteiger partial charge in [0.1, 0.15) is 0 Å². The van der Waals surface area contributed by atoms with Gasteiger partial charge in [0.05, 0.1) is 6.10 Å². The Labute approximate surface area is 104 Å². The Bertz CT molecular complexity index is 319. The van der Waals surface area contributed by atoms with E-state index in [4.69, 9.17) is 11.6 Å². The van der Waals surface area contributed by atoms with E-state index in [0.29, 0.717) is 11.6 Å². The van der Waals surface area contributed by atoms with Gasteiger partial charge in [-0.3, -0.25) is 0 Å². The molecule has 1 aromatic rings. The minimum atomic E-state index is -0.523. The number of benzene rings is 1. The Balaban J connectivity index is 2.64. The highest BCUT2D eigenvalue weighted by atomic mass is 79.9. The summed E-state index contributed by atoms with van der Waals surface area (Å²) in [7, 11) is 0. The van der Waals surface area contributed by atoms with Crippen LogP contribution in [0.15, 0.2) is 22.7 Å². The molecule has 1 rings (SSSR count). The fourth-order valence-corrected chi connectivity index (χ4v) is 1.99. The van der Waals surface area contributed by atoms with Crippen LogP contribution in [-0.2, 0) is 0 Å². The summed E-state index contributed by atoms with van der Waals surface area (Å²) in [5.74, 6) is 0. The van der Waals surface area contributed by atoms with Crippen molar-refractivity contribution in [3.05, 3.63) is 33.3 Å². The second kappa shape index (κ2) is 6.48. The van der Waals surface area contributed by atoms with Crippen molar-refractivity contribution in [1.29, 1.82) is 0 Å². The van der Waals surface area contributed by atoms with Crippen LogP contribution in [0, 0.1) is 0 Å². The van der Waals surface area contributed by atoms with Gasteiger partial charge >= 0.3 is 0 Å². The average molecular weight is 293 g/mol. The lowest BCUT2D eigenvalue weighted by Gasteiger charge is -2.13. The summed E-state index contributed by atoms with van der Waals surface area (Å²) in [5.41, 5.74) is 0.825. The standard InChI is InChI=1S/C11H15BrClNO/c1-2-5-14-7-11(15)9-6-8(13)3-4-10(9)12/h3-4,6,11,14-15H,2,5,7H2,1H3. The van der Waals surface area contributed by atoms with E-state index in [0.717, 1.165) is 23.0 Å². The van der Waals surface area contributed by atoms with Crippen molar-refractivity contribution in [3.8, 4) is 0 Å². The third-order valence-corrected chi connectivity index (χ3v) is 3.04. The van der Waals surface area contributed by atoms with Crippen LogP contribution in [0.2, 0.25) is 5.02 Å². The van der Waals surface area contributed by atoms with E-state index in [2.05, 4.69) is 28.2 Å². The lowest BCUT2D eigenvalue weighted by Crippen LogP contribution is -2.22. The summed E-state index contributed by atoms with van der Waals surface area (Å²) in [4.78, 5) is 0. The van der Waals surface area contributed by atoms with Crippen molar-refractivity contribution in [3.63, 3.8) is 0 Å². The Morgan fingerprint density at radius 1 is 1.53 bits per heavy atom. The quantitative estimate of drug-likeness (QED) is 0.817. The minimum absolute atomic E-state index is 0.523. The van der Waals surface area contributed by atoms with Crippen LogP contribution in [0.5, 0.6) is 0 Å². The molecule has 0 bridgehead atoms. The molecule has 0 aliphatic heterocycles. The molecule has 2 N–H and O–H groups in total. The predicted octanol–water partition coefficient (Wildman–Crippen LogP) is 3.14. The Hall–Kier alpha value is -0.0900. The second-order valence-electron chi connectivity index (χ2n) is 3.39. The molecule has 0 radical (unpaired) electrons. The van der Waals surface area contributed by atoms with E-state index in [1.807, 2.05) is 6.07 Å². The molecule has 0 fully saturated rings. The molecule has 0 saturated carbocycles. The van der Waals surface area contributed by atoms with Gasteiger partial charge in [-0.1, -0.05) is 34.5 Å². The number of rotatable bonds is 5. The molecule has 4 heteroatoms. The van der Waals surface area contributed by atoms with E-state index in [1.54, 1.807) is 12.1 Å². The van der Waals surface area contributed by atoms with Crippen molar-refractivity contribution in [2.75, 3.05) is 13.1 Å². The smallest absolute Gasteiger partial charge is 0.0925 e. The largest absolute Gasteiger partial charge is 0.387 e. The van der Waals surface area contributed by atoms with Gasteiger partial charge in [0, 0.05) is 16.0 Å². The second-order valence-corrected chi connectivity index (χ2v) is 4.68. The van der Waals surface area contributed by atoms with Gasteiger partial charge in [-0.05, 0) is 36.7 Å². The van der Waals surface area contributed by atoms with Crippen molar-refractivity contribution in [1.82, 2.24) is 5.32 Å². The van der Waals surface area contributed by atoms with Crippen LogP contribution in [0.25, 0.3) is 0 Å². The number of nitrogens with one attached hydrogen (secondary N) is 1. The highest BCUT2D eigenvalue weighted by Crippen LogP contribution is 2.26. The first-order valence-electron chi connectivity index (χ1n) is 4.99. The fraction of sp³-hybridized carbons (Fsp3) is 0.455. The van der Waals surface area contributed by atoms with Crippen molar-refractivity contribution in [2.24, 2.45) is 0 Å². The van der Waals surface area contributed by atoms with E-state index >= 15 is 0 Å². The zero-order valence-corrected chi connectivity index (χ0v) is 11.0. The van der Waals surface area contributed by atoms with Gasteiger partial charge in [-0.15, -0.1) is 0 Å². The van der Waals surface area contributed by atoms with Crippen LogP contribution in [0.3, 0.4) is 0 Å². The van der Waals surface area contributed by atoms with E-state index in [-0.39, 0.29) is 0 Å². The molecule has 0 spiro atoms. The predicted molar refractivity (Wildman–Crippen MR) is 67.3 cm³/mol. The molecule has 0 aromatic heterocycles. The topological polar surface area (TPSA) is 32.3 Å². The van der Waals surface area contributed by atoms with E-state index in [9.17, 15) is 5.11 Å². The first-order valence-corrected chi connectivity index (χ1v) is 6.16. The molecule has 0 heterocycles. The lowest BCUT2D eigenvalue weighted by atomic mass is 10.1. The van der Waals surface area contributed by atoms with Crippen LogP contribution >= 0.6 is 27.5 Å². The Kier molecular flexibility index (Phi) is 5.61. The molecule has 0 aliphatic carbocycles. The average Bonchev–Trinajstić information content (AvgIpc) is 2.22. The Morgan fingerprint density at radius 2 is 2.27 bits per heavy atom. The van der Waals surface area contributed by atoms with Crippen molar-refractivity contribution >= 4 is 27.5 Å². The first kappa shape index (κ1) is 13.0. The monoisotopic (exact) mass is 291 g/mol. The van der Waals surface area contributed by atoms with Gasteiger partial charge in [0.15, 0.2) is 0 Å². The molecular weight excluding hydrogens is 277 g/mol. The maximum atomic E-state index is 9.90. The summed E-state index contributed by atoms with van der Waals surface area (Å²) >= 11 is 9.26. The van der Waals surface area contributed by atoms with E-state index < -0.39 is 6.10 Å². The normalized spacial score (nSPS) is 12.8. The lowest BCUT2D eigenvalue weighted by molar-refractivity contribution is 0.174. The third kappa shape index (κ3) is 4.11. The maximum Gasteiger partial charge on any atom is 0.0925 e. The van der Waals surface area contributed by atoms with Crippen LogP contribution < -0.4 is 5.32 Å². The zero-order chi connectivity index (χ0) is 11.3. The highest BCUT2D eigenvalue weighted by molar-refractivity contribution is 9.10. The number of halogens is 2. The van der Waals surface area contributed by atoms with Gasteiger partial charge in [0.25, 0.3) is 0 Å². The molecule has 1 atom stereocenters. The van der Waals surface area contributed by atoms with Crippen LogP contribution in [0.4, 0.5) is 0 Å². The number of aliphatic hydroxyl groups is 1. The molecule has 0 aliphatic rings. The van der Waals surface area contributed by atoms with Gasteiger partial charge in [-0.25, -0.2) is 0 Å². The molecule has 0 saturated heterocycles. The summed E-state index contributed by atoms with van der Waals surface area (Å²) in [6.45, 7) is 3.55. The number of hydrogen-bond donors (Lipinski definition) is 2. The van der Waals surface area contributed by atoms with Crippen LogP contribution in [0.1, 0.15) is 25.0 Å². The third-order valence-electron chi connectivity index (χ3n) is 2.08. The van der Waals surface area contributed by atoms with Crippen molar-refractivity contribution in [2.45, 2.75) is 19.4 Å². The highest BCUT2D eigenvalue weighted by Gasteiger charge is 2.10. The zero-order valence-electron chi connectivity index (χ0n) is 8.63. The number of aliphatic hydroxyl groups excluding tert-OH is 1. The SMILES string of the molecule is CCCNCC(O)c1cc(Cl)ccc1Br.